The highest BCUT2D eigenvalue weighted by Gasteiger charge is 2.23. The molecule has 0 atom stereocenters. The van der Waals surface area contributed by atoms with Crippen LogP contribution in [0, 0.1) is 0 Å². The van der Waals surface area contributed by atoms with Gasteiger partial charge in [-0.05, 0) is 36.4 Å². The van der Waals surface area contributed by atoms with Gasteiger partial charge in [-0.2, -0.15) is 0 Å². The van der Waals surface area contributed by atoms with E-state index in [1.807, 2.05) is 45.9 Å². The van der Waals surface area contributed by atoms with Gasteiger partial charge in [0.15, 0.2) is 0 Å². The molecule has 3 aromatic heterocycles. The molecule has 1 amide bonds. The Morgan fingerprint density at radius 3 is 2.69 bits per heavy atom. The lowest BCUT2D eigenvalue weighted by Crippen LogP contribution is -2.48. The zero-order valence-electron chi connectivity index (χ0n) is 20.1. The van der Waals surface area contributed by atoms with Gasteiger partial charge in [-0.15, -0.1) is 21.5 Å². The number of nitrogens with zero attached hydrogens (tertiary/aromatic N) is 6. The van der Waals surface area contributed by atoms with Crippen LogP contribution in [0.4, 0.5) is 5.69 Å². The quantitative estimate of drug-likeness (QED) is 0.374. The van der Waals surface area contributed by atoms with Crippen molar-refractivity contribution in [3.8, 4) is 5.75 Å². The number of aromatic nitrogens is 4. The summed E-state index contributed by atoms with van der Waals surface area (Å²) in [6.07, 6.45) is 2.62. The van der Waals surface area contributed by atoms with Crippen molar-refractivity contribution in [3.63, 3.8) is 0 Å². The first-order valence-electron chi connectivity index (χ1n) is 12.1. The lowest BCUT2D eigenvalue weighted by atomic mass is 10.2. The third-order valence-electron chi connectivity index (χ3n) is 6.58. The molecule has 1 aromatic carbocycles. The van der Waals surface area contributed by atoms with Crippen LogP contribution in [-0.2, 0) is 17.8 Å². The standard InChI is InChI=1S/C25H30N6O3S/c1-3-12-30-24(33)23-19(11-17-35-23)31-21(26-27-25(30)31)9-6-10-22(32)29-15-13-28(14-16-29)18-7-4-5-8-20(18)34-2/h4-5,7-8,11,17H,3,6,9-10,12-16H2,1-2H3. The Kier molecular flexibility index (Phi) is 6.72. The van der Waals surface area contributed by atoms with Crippen molar-refractivity contribution in [1.29, 1.82) is 0 Å². The highest BCUT2D eigenvalue weighted by molar-refractivity contribution is 7.17. The van der Waals surface area contributed by atoms with E-state index in [2.05, 4.69) is 21.2 Å². The molecule has 4 aromatic rings. The summed E-state index contributed by atoms with van der Waals surface area (Å²) in [5.74, 6) is 2.40. The molecule has 5 rings (SSSR count). The van der Waals surface area contributed by atoms with Gasteiger partial charge in [0.1, 0.15) is 16.3 Å². The fraction of sp³-hybridized carbons (Fsp3) is 0.440. The monoisotopic (exact) mass is 494 g/mol. The van der Waals surface area contributed by atoms with Crippen molar-refractivity contribution < 1.29 is 9.53 Å². The minimum Gasteiger partial charge on any atom is -0.495 e. The molecule has 0 spiro atoms. The Morgan fingerprint density at radius 2 is 1.91 bits per heavy atom. The molecule has 184 valence electrons. The summed E-state index contributed by atoms with van der Waals surface area (Å²) in [5, 5.41) is 10.7. The average molecular weight is 495 g/mol. The van der Waals surface area contributed by atoms with Crippen LogP contribution in [0.2, 0.25) is 0 Å². The number of para-hydroxylation sites is 2. The van der Waals surface area contributed by atoms with E-state index in [0.29, 0.717) is 44.7 Å². The van der Waals surface area contributed by atoms with Crippen LogP contribution < -0.4 is 15.2 Å². The first-order chi connectivity index (χ1) is 17.1. The van der Waals surface area contributed by atoms with Gasteiger partial charge in [-0.3, -0.25) is 18.6 Å². The van der Waals surface area contributed by atoms with Crippen molar-refractivity contribution in [2.75, 3.05) is 38.2 Å². The highest BCUT2D eigenvalue weighted by atomic mass is 32.1. The zero-order chi connectivity index (χ0) is 24.4. The largest absolute Gasteiger partial charge is 0.495 e. The zero-order valence-corrected chi connectivity index (χ0v) is 21.0. The molecule has 35 heavy (non-hydrogen) atoms. The number of methoxy groups -OCH3 is 1. The summed E-state index contributed by atoms with van der Waals surface area (Å²) >= 11 is 1.45. The van der Waals surface area contributed by atoms with Crippen LogP contribution in [0.5, 0.6) is 5.75 Å². The van der Waals surface area contributed by atoms with Gasteiger partial charge in [-0.1, -0.05) is 19.1 Å². The second-order valence-electron chi connectivity index (χ2n) is 8.74. The second-order valence-corrected chi connectivity index (χ2v) is 9.65. The lowest BCUT2D eigenvalue weighted by Gasteiger charge is -2.36. The maximum atomic E-state index is 12.9. The molecule has 1 aliphatic heterocycles. The molecule has 1 aliphatic rings. The Hall–Kier alpha value is -3.40. The number of hydrogen-bond acceptors (Lipinski definition) is 7. The van der Waals surface area contributed by atoms with Gasteiger partial charge in [0.05, 0.1) is 18.3 Å². The first kappa shape index (κ1) is 23.3. The third kappa shape index (κ3) is 4.38. The van der Waals surface area contributed by atoms with Crippen molar-refractivity contribution in [1.82, 2.24) is 24.1 Å². The number of aryl methyl sites for hydroxylation is 2. The molecule has 0 unspecified atom stereocenters. The lowest BCUT2D eigenvalue weighted by molar-refractivity contribution is -0.131. The SMILES string of the molecule is CCCn1c(=O)c2sccc2n2c(CCCC(=O)N3CCN(c4ccccc4OC)CC3)nnc12. The van der Waals surface area contributed by atoms with E-state index in [1.165, 1.54) is 11.3 Å². The molecule has 4 heterocycles. The molecule has 0 bridgehead atoms. The molecule has 0 radical (unpaired) electrons. The van der Waals surface area contributed by atoms with Crippen LogP contribution >= 0.6 is 11.3 Å². The predicted octanol–water partition coefficient (Wildman–Crippen LogP) is 3.20. The fourth-order valence-corrected chi connectivity index (χ4v) is 5.64. The molecule has 1 saturated heterocycles. The van der Waals surface area contributed by atoms with Crippen LogP contribution in [-0.4, -0.2) is 63.3 Å². The third-order valence-corrected chi connectivity index (χ3v) is 7.47. The highest BCUT2D eigenvalue weighted by Crippen LogP contribution is 2.28. The molecule has 0 aliphatic carbocycles. The van der Waals surface area contributed by atoms with Gasteiger partial charge in [-0.25, -0.2) is 0 Å². The number of carbonyl (C=O) groups excluding carboxylic acids is 1. The van der Waals surface area contributed by atoms with Crippen LogP contribution in [0.25, 0.3) is 16.0 Å². The fourth-order valence-electron chi connectivity index (χ4n) is 4.81. The van der Waals surface area contributed by atoms with E-state index in [9.17, 15) is 9.59 Å². The molecule has 0 saturated carbocycles. The molecule has 10 heteroatoms. The Balaban J connectivity index is 1.23. The second kappa shape index (κ2) is 10.1. The van der Waals surface area contributed by atoms with Crippen molar-refractivity contribution in [3.05, 3.63) is 51.9 Å². The molecule has 1 fully saturated rings. The van der Waals surface area contributed by atoms with Crippen molar-refractivity contribution >= 4 is 38.9 Å². The van der Waals surface area contributed by atoms with Crippen LogP contribution in [0.15, 0.2) is 40.5 Å². The smallest absolute Gasteiger partial charge is 0.272 e. The number of thiophene rings is 1. The average Bonchev–Trinajstić information content (AvgIpc) is 3.54. The van der Waals surface area contributed by atoms with E-state index in [1.54, 1.807) is 11.7 Å². The van der Waals surface area contributed by atoms with Gasteiger partial charge in [0.25, 0.3) is 5.56 Å². The van der Waals surface area contributed by atoms with E-state index < -0.39 is 0 Å². The van der Waals surface area contributed by atoms with Crippen molar-refractivity contribution in [2.24, 2.45) is 0 Å². The minimum atomic E-state index is -0.00857. The molecule has 9 nitrogen and oxygen atoms in total. The Morgan fingerprint density at radius 1 is 1.11 bits per heavy atom. The summed E-state index contributed by atoms with van der Waals surface area (Å²) in [7, 11) is 1.68. The number of carbonyl (C=O) groups is 1. The number of rotatable bonds is 8. The minimum absolute atomic E-state index is 0.00857. The first-order valence-corrected chi connectivity index (χ1v) is 13.0. The Labute approximate surface area is 207 Å². The van der Waals surface area contributed by atoms with Gasteiger partial charge < -0.3 is 14.5 Å². The van der Waals surface area contributed by atoms with Crippen molar-refractivity contribution in [2.45, 2.75) is 39.2 Å². The Bertz CT molecular complexity index is 1400. The van der Waals surface area contributed by atoms with E-state index in [0.717, 1.165) is 47.0 Å². The number of benzene rings is 1. The molecular formula is C25H30N6O3S. The van der Waals surface area contributed by atoms with Gasteiger partial charge in [0.2, 0.25) is 11.7 Å². The van der Waals surface area contributed by atoms with Gasteiger partial charge in [0, 0.05) is 45.6 Å². The summed E-state index contributed by atoms with van der Waals surface area (Å²) in [6, 6.07) is 9.95. The summed E-state index contributed by atoms with van der Waals surface area (Å²) in [4.78, 5) is 30.0. The van der Waals surface area contributed by atoms with E-state index in [-0.39, 0.29) is 11.5 Å². The van der Waals surface area contributed by atoms with Crippen LogP contribution in [0.3, 0.4) is 0 Å². The number of piperazine rings is 1. The predicted molar refractivity (Wildman–Crippen MR) is 138 cm³/mol. The van der Waals surface area contributed by atoms with E-state index >= 15 is 0 Å². The maximum Gasteiger partial charge on any atom is 0.272 e. The maximum absolute atomic E-state index is 12.9. The number of hydrogen-bond donors (Lipinski definition) is 0. The van der Waals surface area contributed by atoms with E-state index in [4.69, 9.17) is 4.74 Å². The summed E-state index contributed by atoms with van der Waals surface area (Å²) in [5.41, 5.74) is 1.91. The number of amides is 1. The number of fused-ring (bicyclic) bond motifs is 3. The normalized spacial score (nSPS) is 14.2. The number of ether oxygens (including phenoxy) is 1. The summed E-state index contributed by atoms with van der Waals surface area (Å²) in [6.45, 7) is 5.61. The molecule has 0 N–H and O–H groups in total. The molecular weight excluding hydrogens is 464 g/mol. The summed E-state index contributed by atoms with van der Waals surface area (Å²) < 4.78 is 9.90. The number of anilines is 1. The van der Waals surface area contributed by atoms with Gasteiger partial charge >= 0.3 is 0 Å². The topological polar surface area (TPSA) is 85.0 Å². The van der Waals surface area contributed by atoms with Crippen LogP contribution in [0.1, 0.15) is 32.0 Å².